The molecule has 0 aromatic heterocycles. The first-order valence-electron chi connectivity index (χ1n) is 10.6. The fourth-order valence-electron chi connectivity index (χ4n) is 6.92. The molecule has 0 radical (unpaired) electrons. The van der Waals surface area contributed by atoms with Gasteiger partial charge in [0.25, 0.3) is 0 Å². The van der Waals surface area contributed by atoms with Crippen molar-refractivity contribution in [2.45, 2.75) is 77.5 Å². The van der Waals surface area contributed by atoms with Crippen LogP contribution < -0.4 is 4.72 Å². The van der Waals surface area contributed by atoms with E-state index in [-0.39, 0.29) is 6.04 Å². The zero-order chi connectivity index (χ0) is 19.4. The van der Waals surface area contributed by atoms with Crippen molar-refractivity contribution < 1.29 is 8.42 Å². The van der Waals surface area contributed by atoms with Crippen LogP contribution in [0, 0.1) is 28.6 Å². The third-order valence-corrected chi connectivity index (χ3v) is 9.14. The van der Waals surface area contributed by atoms with Gasteiger partial charge in [-0.3, -0.25) is 0 Å². The molecule has 1 N–H and O–H groups in total. The summed E-state index contributed by atoms with van der Waals surface area (Å²) < 4.78 is 29.4. The largest absolute Gasteiger partial charge is 0.218 e. The van der Waals surface area contributed by atoms with Gasteiger partial charge in [-0.2, -0.15) is 0 Å². The van der Waals surface area contributed by atoms with E-state index in [4.69, 9.17) is 0 Å². The minimum atomic E-state index is -3.36. The topological polar surface area (TPSA) is 46.2 Å². The molecule has 4 bridgehead atoms. The Hall–Kier alpha value is -0.870. The molecular weight excluding hydrogens is 354 g/mol. The van der Waals surface area contributed by atoms with Gasteiger partial charge in [-0.15, -0.1) is 0 Å². The van der Waals surface area contributed by atoms with Crippen LogP contribution in [0.4, 0.5) is 0 Å². The van der Waals surface area contributed by atoms with Gasteiger partial charge in [0.2, 0.25) is 10.0 Å². The number of nitrogens with one attached hydrogen (secondary N) is 1. The average Bonchev–Trinajstić information content (AvgIpc) is 2.55. The van der Waals surface area contributed by atoms with Crippen molar-refractivity contribution in [1.29, 1.82) is 0 Å². The fraction of sp³-hybridized carbons (Fsp3) is 0.739. The Bertz CT molecular complexity index is 764. The summed E-state index contributed by atoms with van der Waals surface area (Å²) in [5, 5.41) is -0.501. The molecule has 150 valence electrons. The second-order valence-electron chi connectivity index (χ2n) is 10.9. The molecule has 0 heterocycles. The van der Waals surface area contributed by atoms with Crippen molar-refractivity contribution in [3.63, 3.8) is 0 Å². The van der Waals surface area contributed by atoms with Crippen molar-refractivity contribution in [1.82, 2.24) is 4.72 Å². The Kier molecular flexibility index (Phi) is 4.74. The first kappa shape index (κ1) is 19.4. The highest BCUT2D eigenvalue weighted by atomic mass is 32.2. The van der Waals surface area contributed by atoms with Crippen molar-refractivity contribution >= 4 is 10.0 Å². The van der Waals surface area contributed by atoms with E-state index in [9.17, 15) is 8.42 Å². The smallest absolute Gasteiger partial charge is 0.212 e. The zero-order valence-electron chi connectivity index (χ0n) is 17.2. The molecule has 4 heteroatoms. The lowest BCUT2D eigenvalue weighted by Gasteiger charge is -2.61. The van der Waals surface area contributed by atoms with Gasteiger partial charge >= 0.3 is 0 Å². The van der Waals surface area contributed by atoms with Crippen molar-refractivity contribution in [2.24, 2.45) is 28.6 Å². The van der Waals surface area contributed by atoms with E-state index in [1.165, 1.54) is 38.5 Å². The average molecular weight is 390 g/mol. The second-order valence-corrected chi connectivity index (χ2v) is 13.0. The Morgan fingerprint density at radius 1 is 1.07 bits per heavy atom. The lowest BCUT2D eigenvalue weighted by Crippen LogP contribution is -2.59. The highest BCUT2D eigenvalue weighted by molar-refractivity contribution is 7.89. The van der Waals surface area contributed by atoms with Crippen LogP contribution in [0.3, 0.4) is 0 Å². The molecule has 1 aromatic rings. The van der Waals surface area contributed by atoms with E-state index in [0.29, 0.717) is 22.7 Å². The molecule has 0 aliphatic heterocycles. The maximum absolute atomic E-state index is 13.1. The first-order chi connectivity index (χ1) is 12.6. The van der Waals surface area contributed by atoms with Gasteiger partial charge in [0, 0.05) is 6.04 Å². The summed E-state index contributed by atoms with van der Waals surface area (Å²) in [6.07, 6.45) is 7.51. The van der Waals surface area contributed by atoms with E-state index < -0.39 is 15.3 Å². The number of rotatable bonds is 5. The standard InChI is InChI=1S/C23H35NO2S/c1-16(18-8-6-5-7-9-18)27(25,26)24-21-19-10-17-11-20(21)14-23(12-17,13-19)15-22(2,3)4/h5-9,16-17,19-21,24H,10-15H2,1-4H3. The van der Waals surface area contributed by atoms with E-state index in [2.05, 4.69) is 25.5 Å². The van der Waals surface area contributed by atoms with Gasteiger partial charge in [0.05, 0.1) is 5.25 Å². The summed E-state index contributed by atoms with van der Waals surface area (Å²) >= 11 is 0. The molecule has 4 fully saturated rings. The summed E-state index contributed by atoms with van der Waals surface area (Å²) in [4.78, 5) is 0. The minimum absolute atomic E-state index is 0.144. The van der Waals surface area contributed by atoms with E-state index in [1.807, 2.05) is 37.3 Å². The molecule has 4 aliphatic carbocycles. The SMILES string of the molecule is CC(c1ccccc1)S(=O)(=O)NC1C2CC3CC1CC(CC(C)(C)C)(C3)C2. The summed E-state index contributed by atoms with van der Waals surface area (Å²) in [5.41, 5.74) is 1.68. The van der Waals surface area contributed by atoms with Gasteiger partial charge < -0.3 is 0 Å². The number of sulfonamides is 1. The Morgan fingerprint density at radius 2 is 1.67 bits per heavy atom. The highest BCUT2D eigenvalue weighted by Crippen LogP contribution is 2.63. The fourth-order valence-corrected chi connectivity index (χ4v) is 8.41. The molecular formula is C23H35NO2S. The summed E-state index contributed by atoms with van der Waals surface area (Å²) in [5.74, 6) is 1.87. The molecule has 5 rings (SSSR count). The summed E-state index contributed by atoms with van der Waals surface area (Å²) in [6, 6.07) is 9.74. The van der Waals surface area contributed by atoms with Gasteiger partial charge in [-0.1, -0.05) is 51.1 Å². The van der Waals surface area contributed by atoms with Gasteiger partial charge in [-0.25, -0.2) is 13.1 Å². The summed E-state index contributed by atoms with van der Waals surface area (Å²) in [7, 11) is -3.36. The lowest BCUT2D eigenvalue weighted by atomic mass is 9.46. The Labute approximate surface area is 165 Å². The Morgan fingerprint density at radius 3 is 2.22 bits per heavy atom. The van der Waals surface area contributed by atoms with Gasteiger partial charge in [-0.05, 0) is 79.6 Å². The molecule has 3 unspecified atom stereocenters. The molecule has 1 aromatic carbocycles. The van der Waals surface area contributed by atoms with Crippen LogP contribution in [0.15, 0.2) is 30.3 Å². The predicted molar refractivity (Wildman–Crippen MR) is 111 cm³/mol. The van der Waals surface area contributed by atoms with E-state index in [1.54, 1.807) is 0 Å². The Balaban J connectivity index is 1.52. The third kappa shape index (κ3) is 3.85. The second kappa shape index (κ2) is 6.59. The highest BCUT2D eigenvalue weighted by Gasteiger charge is 2.56. The molecule has 0 saturated heterocycles. The normalized spacial score (nSPS) is 36.7. The van der Waals surface area contributed by atoms with Gasteiger partial charge in [0.15, 0.2) is 0 Å². The zero-order valence-corrected chi connectivity index (χ0v) is 18.1. The minimum Gasteiger partial charge on any atom is -0.212 e. The third-order valence-electron chi connectivity index (χ3n) is 7.34. The number of hydrogen-bond donors (Lipinski definition) is 1. The van der Waals surface area contributed by atoms with Crippen molar-refractivity contribution in [3.05, 3.63) is 35.9 Å². The van der Waals surface area contributed by atoms with Crippen LogP contribution in [0.1, 0.15) is 77.0 Å². The van der Waals surface area contributed by atoms with Crippen LogP contribution in [-0.4, -0.2) is 14.5 Å². The van der Waals surface area contributed by atoms with Crippen LogP contribution in [0.25, 0.3) is 0 Å². The number of benzene rings is 1. The van der Waals surface area contributed by atoms with Crippen LogP contribution in [0.2, 0.25) is 0 Å². The lowest BCUT2D eigenvalue weighted by molar-refractivity contribution is -0.0882. The molecule has 0 amide bonds. The van der Waals surface area contributed by atoms with Crippen molar-refractivity contribution in [3.8, 4) is 0 Å². The molecule has 4 aliphatic rings. The maximum Gasteiger partial charge on any atom is 0.218 e. The van der Waals surface area contributed by atoms with Crippen molar-refractivity contribution in [2.75, 3.05) is 0 Å². The van der Waals surface area contributed by atoms with E-state index in [0.717, 1.165) is 11.5 Å². The molecule has 3 nitrogen and oxygen atoms in total. The van der Waals surface area contributed by atoms with Gasteiger partial charge in [0.1, 0.15) is 0 Å². The quantitative estimate of drug-likeness (QED) is 0.743. The molecule has 27 heavy (non-hydrogen) atoms. The van der Waals surface area contributed by atoms with E-state index >= 15 is 0 Å². The van der Waals surface area contributed by atoms with Crippen LogP contribution in [-0.2, 0) is 10.0 Å². The number of hydrogen-bond acceptors (Lipinski definition) is 2. The molecule has 3 atom stereocenters. The first-order valence-corrected chi connectivity index (χ1v) is 12.2. The predicted octanol–water partition coefficient (Wildman–Crippen LogP) is 5.30. The van der Waals surface area contributed by atoms with Crippen LogP contribution in [0.5, 0.6) is 0 Å². The van der Waals surface area contributed by atoms with Crippen LogP contribution >= 0.6 is 0 Å². The maximum atomic E-state index is 13.1. The monoisotopic (exact) mass is 389 g/mol. The molecule has 0 spiro atoms. The molecule has 4 saturated carbocycles. The summed E-state index contributed by atoms with van der Waals surface area (Å²) in [6.45, 7) is 8.88.